The number of aryl methyl sites for hydroxylation is 1. The fourth-order valence-corrected chi connectivity index (χ4v) is 2.09. The van der Waals surface area contributed by atoms with Gasteiger partial charge in [0.05, 0.1) is 23.8 Å². The molecule has 0 fully saturated rings. The van der Waals surface area contributed by atoms with Crippen molar-refractivity contribution in [1.82, 2.24) is 15.3 Å². The van der Waals surface area contributed by atoms with E-state index < -0.39 is 11.5 Å². The van der Waals surface area contributed by atoms with E-state index in [1.807, 2.05) is 13.0 Å². The maximum Gasteiger partial charge on any atom is 0.344 e. The second-order valence-electron chi connectivity index (χ2n) is 4.87. The summed E-state index contributed by atoms with van der Waals surface area (Å²) in [5.41, 5.74) is 1.06. The number of carbonyl (C=O) groups is 1. The Bertz CT molecular complexity index is 888. The number of benzene rings is 1. The molecule has 0 spiro atoms. The number of rotatable bonds is 3. The van der Waals surface area contributed by atoms with Crippen molar-refractivity contribution in [2.45, 2.75) is 13.5 Å². The van der Waals surface area contributed by atoms with Crippen LogP contribution in [0.4, 0.5) is 0 Å². The Labute approximate surface area is 125 Å². The topological polar surface area (TPSA) is 85.1 Å². The van der Waals surface area contributed by atoms with Crippen molar-refractivity contribution in [2.75, 3.05) is 0 Å². The number of nitrogens with zero attached hydrogens (tertiary/aromatic N) is 2. The molecule has 3 aromatic rings. The molecule has 2 heterocycles. The summed E-state index contributed by atoms with van der Waals surface area (Å²) in [7, 11) is 0. The van der Waals surface area contributed by atoms with Crippen molar-refractivity contribution in [1.29, 1.82) is 0 Å². The highest BCUT2D eigenvalue weighted by atomic mass is 16.4. The molecule has 3 rings (SSSR count). The molecule has 1 amide bonds. The molecule has 22 heavy (non-hydrogen) atoms. The van der Waals surface area contributed by atoms with Crippen molar-refractivity contribution in [2.24, 2.45) is 0 Å². The summed E-state index contributed by atoms with van der Waals surface area (Å²) in [6, 6.07) is 6.97. The van der Waals surface area contributed by atoms with Gasteiger partial charge >= 0.3 is 5.63 Å². The van der Waals surface area contributed by atoms with E-state index in [4.69, 9.17) is 4.42 Å². The number of hydrogen-bond acceptors (Lipinski definition) is 5. The van der Waals surface area contributed by atoms with E-state index in [-0.39, 0.29) is 12.3 Å². The highest BCUT2D eigenvalue weighted by Gasteiger charge is 2.12. The van der Waals surface area contributed by atoms with E-state index >= 15 is 0 Å². The molecule has 0 atom stereocenters. The molecular weight excluding hydrogens is 282 g/mol. The van der Waals surface area contributed by atoms with Crippen molar-refractivity contribution >= 4 is 16.7 Å². The van der Waals surface area contributed by atoms with Gasteiger partial charge in [0.2, 0.25) is 0 Å². The maximum atomic E-state index is 12.1. The fraction of sp³-hybridized carbons (Fsp3) is 0.125. The zero-order valence-corrected chi connectivity index (χ0v) is 11.9. The van der Waals surface area contributed by atoms with Crippen LogP contribution in [0, 0.1) is 6.92 Å². The first-order valence-corrected chi connectivity index (χ1v) is 6.71. The summed E-state index contributed by atoms with van der Waals surface area (Å²) >= 11 is 0. The summed E-state index contributed by atoms with van der Waals surface area (Å²) in [5.74, 6) is -0.490. The third-order valence-corrected chi connectivity index (χ3v) is 3.19. The average molecular weight is 295 g/mol. The lowest BCUT2D eigenvalue weighted by atomic mass is 10.1. The Morgan fingerprint density at radius 3 is 2.91 bits per heavy atom. The summed E-state index contributed by atoms with van der Waals surface area (Å²) in [4.78, 5) is 32.0. The van der Waals surface area contributed by atoms with Gasteiger partial charge in [0.25, 0.3) is 5.91 Å². The van der Waals surface area contributed by atoms with Gasteiger partial charge in [-0.1, -0.05) is 17.7 Å². The molecule has 0 saturated carbocycles. The molecule has 0 aliphatic rings. The zero-order chi connectivity index (χ0) is 15.5. The molecule has 6 heteroatoms. The van der Waals surface area contributed by atoms with Gasteiger partial charge in [0.15, 0.2) is 5.76 Å². The van der Waals surface area contributed by atoms with Gasteiger partial charge in [-0.3, -0.25) is 14.8 Å². The van der Waals surface area contributed by atoms with Gasteiger partial charge in [-0.15, -0.1) is 0 Å². The Hall–Kier alpha value is -3.02. The van der Waals surface area contributed by atoms with Crippen molar-refractivity contribution < 1.29 is 9.21 Å². The molecule has 1 aromatic carbocycles. The van der Waals surface area contributed by atoms with Crippen LogP contribution in [0.3, 0.4) is 0 Å². The van der Waals surface area contributed by atoms with Crippen LogP contribution in [0.25, 0.3) is 10.8 Å². The van der Waals surface area contributed by atoms with Crippen molar-refractivity contribution in [3.8, 4) is 0 Å². The Morgan fingerprint density at radius 2 is 2.14 bits per heavy atom. The molecule has 110 valence electrons. The largest absolute Gasteiger partial charge is 0.417 e. The molecule has 0 aliphatic carbocycles. The standard InChI is InChI=1S/C16H13N3O3/c1-10-2-3-11-7-14(22-16(21)13(11)6-10)15(20)19-9-12-8-17-4-5-18-12/h2-8H,9H2,1H3,(H,19,20). The van der Waals surface area contributed by atoms with Crippen molar-refractivity contribution in [3.05, 3.63) is 70.3 Å². The Kier molecular flexibility index (Phi) is 3.65. The van der Waals surface area contributed by atoms with Crippen molar-refractivity contribution in [3.63, 3.8) is 0 Å². The van der Waals surface area contributed by atoms with Crippen LogP contribution < -0.4 is 10.9 Å². The molecule has 2 aromatic heterocycles. The van der Waals surface area contributed by atoms with Gasteiger partial charge in [-0.2, -0.15) is 0 Å². The second kappa shape index (κ2) is 5.77. The van der Waals surface area contributed by atoms with Crippen LogP contribution in [0.5, 0.6) is 0 Å². The minimum atomic E-state index is -0.522. The van der Waals surface area contributed by atoms with Crippen LogP contribution in [-0.2, 0) is 6.54 Å². The zero-order valence-electron chi connectivity index (χ0n) is 11.9. The number of carbonyl (C=O) groups excluding carboxylic acids is 1. The predicted octanol–water partition coefficient (Wildman–Crippen LogP) is 1.82. The summed E-state index contributed by atoms with van der Waals surface area (Å²) in [6.45, 7) is 2.10. The summed E-state index contributed by atoms with van der Waals surface area (Å²) < 4.78 is 5.09. The molecule has 0 aliphatic heterocycles. The van der Waals surface area contributed by atoms with Crippen LogP contribution in [-0.4, -0.2) is 15.9 Å². The lowest BCUT2D eigenvalue weighted by Crippen LogP contribution is -2.24. The summed E-state index contributed by atoms with van der Waals surface area (Å²) in [6.07, 6.45) is 4.65. The lowest BCUT2D eigenvalue weighted by Gasteiger charge is -2.05. The van der Waals surface area contributed by atoms with Gasteiger partial charge in [-0.25, -0.2) is 4.79 Å². The molecule has 0 saturated heterocycles. The number of nitrogens with one attached hydrogen (secondary N) is 1. The van der Waals surface area contributed by atoms with E-state index in [2.05, 4.69) is 15.3 Å². The van der Waals surface area contributed by atoms with E-state index in [1.165, 1.54) is 0 Å². The molecule has 0 unspecified atom stereocenters. The van der Waals surface area contributed by atoms with E-state index in [0.717, 1.165) is 5.56 Å². The van der Waals surface area contributed by atoms with Gasteiger partial charge in [0.1, 0.15) is 0 Å². The number of aromatic nitrogens is 2. The number of amides is 1. The minimum absolute atomic E-state index is 0.0229. The monoisotopic (exact) mass is 295 g/mol. The second-order valence-corrected chi connectivity index (χ2v) is 4.87. The first-order valence-electron chi connectivity index (χ1n) is 6.71. The smallest absolute Gasteiger partial charge is 0.344 e. The Balaban J connectivity index is 1.85. The van der Waals surface area contributed by atoms with Crippen LogP contribution in [0.2, 0.25) is 0 Å². The van der Waals surface area contributed by atoms with Gasteiger partial charge in [-0.05, 0) is 24.4 Å². The maximum absolute atomic E-state index is 12.1. The lowest BCUT2D eigenvalue weighted by molar-refractivity contribution is 0.0918. The van der Waals surface area contributed by atoms with Crippen LogP contribution in [0.1, 0.15) is 21.8 Å². The first-order chi connectivity index (χ1) is 10.6. The molecule has 1 N–H and O–H groups in total. The van der Waals surface area contributed by atoms with E-state index in [0.29, 0.717) is 16.5 Å². The third kappa shape index (κ3) is 2.85. The molecule has 0 radical (unpaired) electrons. The first kappa shape index (κ1) is 13.9. The molecule has 0 bridgehead atoms. The quantitative estimate of drug-likeness (QED) is 0.796. The number of hydrogen-bond donors (Lipinski definition) is 1. The fourth-order valence-electron chi connectivity index (χ4n) is 2.09. The minimum Gasteiger partial charge on any atom is -0.417 e. The highest BCUT2D eigenvalue weighted by molar-refractivity contribution is 5.95. The van der Waals surface area contributed by atoms with E-state index in [1.54, 1.807) is 36.8 Å². The number of fused-ring (bicyclic) bond motifs is 1. The SMILES string of the molecule is Cc1ccc2cc(C(=O)NCc3cnccn3)oc(=O)c2c1. The normalized spacial score (nSPS) is 10.6. The van der Waals surface area contributed by atoms with Crippen LogP contribution in [0.15, 0.2) is 52.1 Å². The predicted molar refractivity (Wildman–Crippen MR) is 80.4 cm³/mol. The highest BCUT2D eigenvalue weighted by Crippen LogP contribution is 2.14. The molecular formula is C16H13N3O3. The Morgan fingerprint density at radius 1 is 1.27 bits per heavy atom. The average Bonchev–Trinajstić information content (AvgIpc) is 2.54. The molecule has 6 nitrogen and oxygen atoms in total. The van der Waals surface area contributed by atoms with E-state index in [9.17, 15) is 9.59 Å². The van der Waals surface area contributed by atoms with Crippen LogP contribution >= 0.6 is 0 Å². The van der Waals surface area contributed by atoms with Gasteiger partial charge in [0, 0.05) is 12.4 Å². The third-order valence-electron chi connectivity index (χ3n) is 3.19. The van der Waals surface area contributed by atoms with Gasteiger partial charge < -0.3 is 9.73 Å². The summed E-state index contributed by atoms with van der Waals surface area (Å²) in [5, 5.41) is 3.78.